The van der Waals surface area contributed by atoms with E-state index in [0.29, 0.717) is 12.3 Å². The Balaban J connectivity index is 1.22. The van der Waals surface area contributed by atoms with E-state index < -0.39 is 0 Å². The molecule has 144 valence electrons. The first-order valence-electron chi connectivity index (χ1n) is 8.95. The Hall–Kier alpha value is -2.65. The fraction of sp³-hybridized carbons (Fsp3) is 0.263. The number of aryl methyl sites for hydroxylation is 1. The minimum atomic E-state index is 0.00108. The van der Waals surface area contributed by atoms with Crippen molar-refractivity contribution in [2.75, 3.05) is 12.3 Å². The highest BCUT2D eigenvalue weighted by Gasteiger charge is 2.13. The van der Waals surface area contributed by atoms with Crippen molar-refractivity contribution in [1.29, 1.82) is 0 Å². The highest BCUT2D eigenvalue weighted by atomic mass is 32.2. The SMILES string of the molecule is Cn1c(SCC(=O)NCCCn2cnc3ccccc32)nnc1-c1cccs1. The summed E-state index contributed by atoms with van der Waals surface area (Å²) in [5.41, 5.74) is 2.11. The first-order valence-corrected chi connectivity index (χ1v) is 10.8. The van der Waals surface area contributed by atoms with Crippen LogP contribution in [-0.4, -0.2) is 42.5 Å². The average molecular weight is 413 g/mol. The molecule has 9 heteroatoms. The van der Waals surface area contributed by atoms with Gasteiger partial charge in [-0.2, -0.15) is 0 Å². The van der Waals surface area contributed by atoms with Crippen LogP contribution in [0.15, 0.2) is 53.3 Å². The van der Waals surface area contributed by atoms with Crippen LogP contribution in [0.5, 0.6) is 0 Å². The number of fused-ring (bicyclic) bond motifs is 1. The Labute approximate surface area is 170 Å². The van der Waals surface area contributed by atoms with Crippen LogP contribution >= 0.6 is 23.1 Å². The molecule has 1 N–H and O–H groups in total. The van der Waals surface area contributed by atoms with Crippen LogP contribution in [0, 0.1) is 0 Å². The lowest BCUT2D eigenvalue weighted by molar-refractivity contribution is -0.118. The number of hydrogen-bond acceptors (Lipinski definition) is 6. The Morgan fingerprint density at radius 1 is 1.21 bits per heavy atom. The van der Waals surface area contributed by atoms with Crippen molar-refractivity contribution in [3.8, 4) is 10.7 Å². The van der Waals surface area contributed by atoms with Crippen molar-refractivity contribution >= 4 is 40.0 Å². The second kappa shape index (κ2) is 8.57. The second-order valence-electron chi connectivity index (χ2n) is 6.26. The summed E-state index contributed by atoms with van der Waals surface area (Å²) in [4.78, 5) is 17.6. The predicted octanol–water partition coefficient (Wildman–Crippen LogP) is 3.19. The monoisotopic (exact) mass is 412 g/mol. The van der Waals surface area contributed by atoms with E-state index in [1.165, 1.54) is 11.8 Å². The molecule has 1 aromatic carbocycles. The van der Waals surface area contributed by atoms with Gasteiger partial charge in [-0.3, -0.25) is 4.79 Å². The van der Waals surface area contributed by atoms with Gasteiger partial charge in [-0.1, -0.05) is 30.0 Å². The van der Waals surface area contributed by atoms with Crippen molar-refractivity contribution < 1.29 is 4.79 Å². The first-order chi connectivity index (χ1) is 13.7. The number of nitrogens with zero attached hydrogens (tertiary/aromatic N) is 5. The van der Waals surface area contributed by atoms with E-state index >= 15 is 0 Å². The van der Waals surface area contributed by atoms with E-state index in [0.717, 1.165) is 39.9 Å². The zero-order valence-electron chi connectivity index (χ0n) is 15.4. The standard InChI is InChI=1S/C19H20N6OS2/c1-24-18(16-8-4-11-27-16)22-23-19(24)28-12-17(26)20-9-5-10-25-13-21-14-6-2-3-7-15(14)25/h2-4,6-8,11,13H,5,9-10,12H2,1H3,(H,20,26). The van der Waals surface area contributed by atoms with Crippen LogP contribution in [0.2, 0.25) is 0 Å². The molecule has 0 radical (unpaired) electrons. The fourth-order valence-corrected chi connectivity index (χ4v) is 4.39. The van der Waals surface area contributed by atoms with Crippen molar-refractivity contribution in [3.63, 3.8) is 0 Å². The van der Waals surface area contributed by atoms with Crippen LogP contribution in [0.3, 0.4) is 0 Å². The van der Waals surface area contributed by atoms with Crippen molar-refractivity contribution in [1.82, 2.24) is 29.6 Å². The summed E-state index contributed by atoms with van der Waals surface area (Å²) in [7, 11) is 1.92. The minimum Gasteiger partial charge on any atom is -0.355 e. The van der Waals surface area contributed by atoms with Crippen LogP contribution in [0.4, 0.5) is 0 Å². The molecule has 0 spiro atoms. The molecular formula is C19H20N6OS2. The summed E-state index contributed by atoms with van der Waals surface area (Å²) in [5.74, 6) is 1.15. The second-order valence-corrected chi connectivity index (χ2v) is 8.15. The lowest BCUT2D eigenvalue weighted by atomic mass is 10.3. The lowest BCUT2D eigenvalue weighted by Gasteiger charge is -2.07. The van der Waals surface area contributed by atoms with Gasteiger partial charge in [0.1, 0.15) is 0 Å². The zero-order chi connectivity index (χ0) is 19.3. The molecule has 28 heavy (non-hydrogen) atoms. The normalized spacial score (nSPS) is 11.2. The molecule has 4 aromatic rings. The smallest absolute Gasteiger partial charge is 0.230 e. The molecule has 0 atom stereocenters. The van der Waals surface area contributed by atoms with E-state index in [2.05, 4.69) is 31.1 Å². The van der Waals surface area contributed by atoms with Crippen LogP contribution in [0.25, 0.3) is 21.7 Å². The third kappa shape index (κ3) is 4.10. The number of para-hydroxylation sites is 2. The molecular weight excluding hydrogens is 392 g/mol. The number of carbonyl (C=O) groups excluding carboxylic acids is 1. The number of imidazole rings is 1. The maximum absolute atomic E-state index is 12.1. The molecule has 3 heterocycles. The van der Waals surface area contributed by atoms with E-state index in [1.54, 1.807) is 11.3 Å². The van der Waals surface area contributed by atoms with Gasteiger partial charge in [0.05, 0.1) is 28.0 Å². The third-order valence-corrected chi connectivity index (χ3v) is 6.22. The van der Waals surface area contributed by atoms with Gasteiger partial charge < -0.3 is 14.5 Å². The maximum atomic E-state index is 12.1. The summed E-state index contributed by atoms with van der Waals surface area (Å²) in [6, 6.07) is 12.1. The summed E-state index contributed by atoms with van der Waals surface area (Å²) in [6.45, 7) is 1.45. The fourth-order valence-electron chi connectivity index (χ4n) is 2.91. The van der Waals surface area contributed by atoms with Gasteiger partial charge in [-0.25, -0.2) is 4.98 Å². The molecule has 0 aliphatic rings. The van der Waals surface area contributed by atoms with Gasteiger partial charge in [0.2, 0.25) is 5.91 Å². The molecule has 1 amide bonds. The quantitative estimate of drug-likeness (QED) is 0.355. The van der Waals surface area contributed by atoms with E-state index in [4.69, 9.17) is 0 Å². The Morgan fingerprint density at radius 2 is 2.11 bits per heavy atom. The van der Waals surface area contributed by atoms with Gasteiger partial charge in [0.25, 0.3) is 0 Å². The number of thioether (sulfide) groups is 1. The molecule has 4 rings (SSSR count). The first kappa shape index (κ1) is 18.7. The number of rotatable bonds is 8. The van der Waals surface area contributed by atoms with Gasteiger partial charge in [0.15, 0.2) is 11.0 Å². The van der Waals surface area contributed by atoms with E-state index in [-0.39, 0.29) is 5.91 Å². The van der Waals surface area contributed by atoms with Crippen molar-refractivity contribution in [2.24, 2.45) is 7.05 Å². The minimum absolute atomic E-state index is 0.00108. The average Bonchev–Trinajstić information content (AvgIpc) is 3.44. The van der Waals surface area contributed by atoms with Crippen LogP contribution < -0.4 is 5.32 Å². The topological polar surface area (TPSA) is 77.6 Å². The third-order valence-electron chi connectivity index (χ3n) is 4.33. The molecule has 0 bridgehead atoms. The molecule has 0 fully saturated rings. The highest BCUT2D eigenvalue weighted by molar-refractivity contribution is 7.99. The summed E-state index contributed by atoms with van der Waals surface area (Å²) < 4.78 is 4.04. The van der Waals surface area contributed by atoms with Gasteiger partial charge in [0, 0.05) is 20.1 Å². The number of aromatic nitrogens is 5. The highest BCUT2D eigenvalue weighted by Crippen LogP contribution is 2.25. The van der Waals surface area contributed by atoms with E-state index in [1.807, 2.05) is 53.7 Å². The Kier molecular flexibility index (Phi) is 5.73. The van der Waals surface area contributed by atoms with Gasteiger partial charge in [-0.15, -0.1) is 21.5 Å². The summed E-state index contributed by atoms with van der Waals surface area (Å²) in [5, 5.41) is 14.1. The molecule has 0 aliphatic carbocycles. The number of hydrogen-bond donors (Lipinski definition) is 1. The summed E-state index contributed by atoms with van der Waals surface area (Å²) >= 11 is 3.02. The van der Waals surface area contributed by atoms with Gasteiger partial charge >= 0.3 is 0 Å². The van der Waals surface area contributed by atoms with Crippen LogP contribution in [-0.2, 0) is 18.4 Å². The Bertz CT molecular complexity index is 1070. The van der Waals surface area contributed by atoms with Crippen LogP contribution in [0.1, 0.15) is 6.42 Å². The molecule has 0 unspecified atom stereocenters. The molecule has 0 aliphatic heterocycles. The molecule has 7 nitrogen and oxygen atoms in total. The summed E-state index contributed by atoms with van der Waals surface area (Å²) in [6.07, 6.45) is 2.70. The number of carbonyl (C=O) groups is 1. The van der Waals surface area contributed by atoms with E-state index in [9.17, 15) is 4.79 Å². The van der Waals surface area contributed by atoms with Gasteiger partial charge in [-0.05, 0) is 30.0 Å². The maximum Gasteiger partial charge on any atom is 0.230 e. The largest absolute Gasteiger partial charge is 0.355 e. The Morgan fingerprint density at radius 3 is 2.96 bits per heavy atom. The van der Waals surface area contributed by atoms with Crippen molar-refractivity contribution in [3.05, 3.63) is 48.1 Å². The number of thiophene rings is 1. The van der Waals surface area contributed by atoms with Crippen molar-refractivity contribution in [2.45, 2.75) is 18.1 Å². The predicted molar refractivity (Wildman–Crippen MR) is 112 cm³/mol. The lowest BCUT2D eigenvalue weighted by Crippen LogP contribution is -2.27. The molecule has 0 saturated heterocycles. The number of nitrogens with one attached hydrogen (secondary N) is 1. The molecule has 3 aromatic heterocycles. The zero-order valence-corrected chi connectivity index (χ0v) is 17.0. The molecule has 0 saturated carbocycles. The number of benzene rings is 1. The number of amides is 1.